The number of hydrogen-bond donors (Lipinski definition) is 1. The van der Waals surface area contributed by atoms with E-state index in [1.165, 1.54) is 0 Å². The Morgan fingerprint density at radius 3 is 2.19 bits per heavy atom. The molecule has 26 heavy (non-hydrogen) atoms. The molecule has 2 amide bonds. The number of nitrogens with zero attached hydrogens (tertiary/aromatic N) is 2. The quantitative estimate of drug-likeness (QED) is 0.616. The highest BCUT2D eigenvalue weighted by atomic mass is 16.5. The van der Waals surface area contributed by atoms with Gasteiger partial charge in [0.15, 0.2) is 6.61 Å². The van der Waals surface area contributed by atoms with Gasteiger partial charge in [-0.25, -0.2) is 0 Å². The monoisotopic (exact) mass is 363 g/mol. The lowest BCUT2D eigenvalue weighted by atomic mass is 10.1. The van der Waals surface area contributed by atoms with Crippen molar-refractivity contribution in [2.24, 2.45) is 11.7 Å². The lowest BCUT2D eigenvalue weighted by Crippen LogP contribution is -2.42. The van der Waals surface area contributed by atoms with E-state index in [4.69, 9.17) is 10.5 Å². The van der Waals surface area contributed by atoms with E-state index in [0.717, 1.165) is 31.7 Å². The zero-order valence-corrected chi connectivity index (χ0v) is 16.5. The number of amides is 2. The van der Waals surface area contributed by atoms with Crippen molar-refractivity contribution >= 4 is 11.8 Å². The Hall–Kier alpha value is -2.08. The van der Waals surface area contributed by atoms with Gasteiger partial charge >= 0.3 is 0 Å². The van der Waals surface area contributed by atoms with Gasteiger partial charge in [0.1, 0.15) is 5.75 Å². The van der Waals surface area contributed by atoms with Gasteiger partial charge in [0.05, 0.1) is 6.42 Å². The van der Waals surface area contributed by atoms with Crippen molar-refractivity contribution in [2.45, 2.75) is 34.1 Å². The van der Waals surface area contributed by atoms with E-state index in [9.17, 15) is 9.59 Å². The fraction of sp³-hybridized carbons (Fsp3) is 0.600. The van der Waals surface area contributed by atoms with E-state index < -0.39 is 0 Å². The minimum atomic E-state index is -0.369. The fourth-order valence-electron chi connectivity index (χ4n) is 2.70. The van der Waals surface area contributed by atoms with Crippen molar-refractivity contribution < 1.29 is 14.3 Å². The maximum atomic E-state index is 12.6. The van der Waals surface area contributed by atoms with E-state index >= 15 is 0 Å². The Morgan fingerprint density at radius 2 is 1.69 bits per heavy atom. The first kappa shape index (κ1) is 22.0. The lowest BCUT2D eigenvalue weighted by molar-refractivity contribution is -0.134. The number of rotatable bonds is 12. The molecular weight excluding hydrogens is 330 g/mol. The number of hydrogen-bond acceptors (Lipinski definition) is 4. The molecule has 0 saturated carbocycles. The summed E-state index contributed by atoms with van der Waals surface area (Å²) in [6.07, 6.45) is 0.201. The van der Waals surface area contributed by atoms with E-state index in [-0.39, 0.29) is 24.8 Å². The van der Waals surface area contributed by atoms with Crippen LogP contribution in [0.2, 0.25) is 0 Å². The number of benzene rings is 1. The van der Waals surface area contributed by atoms with Crippen molar-refractivity contribution in [2.75, 3.05) is 39.3 Å². The second kappa shape index (κ2) is 11.5. The Kier molecular flexibility index (Phi) is 9.73. The van der Waals surface area contributed by atoms with Gasteiger partial charge in [-0.3, -0.25) is 9.59 Å². The minimum absolute atomic E-state index is 0.00734. The molecule has 0 heterocycles. The molecule has 0 aliphatic carbocycles. The zero-order valence-electron chi connectivity index (χ0n) is 16.5. The Bertz CT molecular complexity index is 554. The Balaban J connectivity index is 2.57. The molecule has 0 unspecified atom stereocenters. The third-order valence-corrected chi connectivity index (χ3v) is 4.18. The summed E-state index contributed by atoms with van der Waals surface area (Å²) >= 11 is 0. The predicted octanol–water partition coefficient (Wildman–Crippen LogP) is 1.92. The van der Waals surface area contributed by atoms with Crippen LogP contribution >= 0.6 is 0 Å². The molecular formula is C20H33N3O3. The van der Waals surface area contributed by atoms with Crippen LogP contribution in [0.3, 0.4) is 0 Å². The summed E-state index contributed by atoms with van der Waals surface area (Å²) in [5.74, 6) is 0.641. The summed E-state index contributed by atoms with van der Waals surface area (Å²) < 4.78 is 5.63. The van der Waals surface area contributed by atoms with Crippen LogP contribution < -0.4 is 10.5 Å². The lowest BCUT2D eigenvalue weighted by Gasteiger charge is -2.28. The van der Waals surface area contributed by atoms with Crippen molar-refractivity contribution in [3.63, 3.8) is 0 Å². The molecule has 6 heteroatoms. The van der Waals surface area contributed by atoms with Crippen molar-refractivity contribution in [3.05, 3.63) is 29.8 Å². The average Bonchev–Trinajstić information content (AvgIpc) is 2.60. The van der Waals surface area contributed by atoms with Crippen LogP contribution in [0.15, 0.2) is 24.3 Å². The van der Waals surface area contributed by atoms with Gasteiger partial charge in [0.25, 0.3) is 5.91 Å². The Labute approximate surface area is 157 Å². The molecule has 0 radical (unpaired) electrons. The second-order valence-electron chi connectivity index (χ2n) is 6.84. The number of ether oxygens (including phenoxy) is 1. The third kappa shape index (κ3) is 8.34. The Morgan fingerprint density at radius 1 is 1.08 bits per heavy atom. The van der Waals surface area contributed by atoms with Crippen molar-refractivity contribution in [1.29, 1.82) is 0 Å². The van der Waals surface area contributed by atoms with E-state index in [0.29, 0.717) is 18.2 Å². The van der Waals surface area contributed by atoms with Crippen LogP contribution in [0, 0.1) is 5.92 Å². The van der Waals surface area contributed by atoms with Crippen LogP contribution in [-0.2, 0) is 16.0 Å². The molecule has 0 saturated heterocycles. The van der Waals surface area contributed by atoms with Gasteiger partial charge in [-0.2, -0.15) is 0 Å². The first-order valence-electron chi connectivity index (χ1n) is 9.35. The number of carbonyl (C=O) groups excluding carboxylic acids is 2. The summed E-state index contributed by atoms with van der Waals surface area (Å²) in [5.41, 5.74) is 6.01. The van der Waals surface area contributed by atoms with Crippen LogP contribution in [0.1, 0.15) is 33.3 Å². The first-order valence-corrected chi connectivity index (χ1v) is 9.35. The third-order valence-electron chi connectivity index (χ3n) is 4.18. The zero-order chi connectivity index (χ0) is 19.5. The molecule has 1 aromatic carbocycles. The predicted molar refractivity (Wildman–Crippen MR) is 104 cm³/mol. The number of likely N-dealkylation sites (N-methyl/N-ethyl adjacent to an activating group) is 1. The molecule has 0 fully saturated rings. The normalized spacial score (nSPS) is 11.0. The molecule has 0 spiro atoms. The fourth-order valence-corrected chi connectivity index (χ4v) is 2.70. The van der Waals surface area contributed by atoms with Gasteiger partial charge in [0, 0.05) is 19.6 Å². The molecule has 0 bridgehead atoms. The van der Waals surface area contributed by atoms with Gasteiger partial charge in [-0.15, -0.1) is 0 Å². The minimum Gasteiger partial charge on any atom is -0.484 e. The van der Waals surface area contributed by atoms with E-state index in [1.807, 2.05) is 4.90 Å². The number of primary amides is 1. The number of carbonyl (C=O) groups is 2. The van der Waals surface area contributed by atoms with Crippen LogP contribution in [0.4, 0.5) is 0 Å². The topological polar surface area (TPSA) is 75.9 Å². The maximum absolute atomic E-state index is 12.6. The number of nitrogens with two attached hydrogens (primary N) is 1. The van der Waals surface area contributed by atoms with Crippen molar-refractivity contribution in [3.8, 4) is 5.75 Å². The molecule has 6 nitrogen and oxygen atoms in total. The molecule has 1 aromatic rings. The van der Waals surface area contributed by atoms with Gasteiger partial charge < -0.3 is 20.3 Å². The second-order valence-corrected chi connectivity index (χ2v) is 6.84. The highest BCUT2D eigenvalue weighted by molar-refractivity contribution is 5.78. The molecule has 0 atom stereocenters. The maximum Gasteiger partial charge on any atom is 0.260 e. The van der Waals surface area contributed by atoms with E-state index in [1.54, 1.807) is 24.3 Å². The molecule has 0 aliphatic heterocycles. The van der Waals surface area contributed by atoms with Crippen molar-refractivity contribution in [1.82, 2.24) is 9.80 Å². The highest BCUT2D eigenvalue weighted by Crippen LogP contribution is 2.13. The average molecular weight is 364 g/mol. The van der Waals surface area contributed by atoms with Crippen LogP contribution in [0.5, 0.6) is 5.75 Å². The first-order chi connectivity index (χ1) is 12.3. The van der Waals surface area contributed by atoms with Gasteiger partial charge in [-0.1, -0.05) is 39.8 Å². The SMILES string of the molecule is CCN(CC)CCN(CC(C)C)C(=O)COc1ccc(CC(N)=O)cc1. The molecule has 2 N–H and O–H groups in total. The summed E-state index contributed by atoms with van der Waals surface area (Å²) in [6, 6.07) is 7.09. The largest absolute Gasteiger partial charge is 0.484 e. The highest BCUT2D eigenvalue weighted by Gasteiger charge is 2.16. The molecule has 0 aromatic heterocycles. The molecule has 146 valence electrons. The van der Waals surface area contributed by atoms with E-state index in [2.05, 4.69) is 32.6 Å². The smallest absolute Gasteiger partial charge is 0.260 e. The molecule has 0 aliphatic rings. The summed E-state index contributed by atoms with van der Waals surface area (Å²) in [4.78, 5) is 27.7. The summed E-state index contributed by atoms with van der Waals surface area (Å²) in [6.45, 7) is 12.7. The molecule has 1 rings (SSSR count). The standard InChI is InChI=1S/C20H33N3O3/c1-5-22(6-2)11-12-23(14-16(3)4)20(25)15-26-18-9-7-17(8-10-18)13-19(21)24/h7-10,16H,5-6,11-15H2,1-4H3,(H2,21,24). The van der Waals surface area contributed by atoms with Gasteiger partial charge in [0.2, 0.25) is 5.91 Å². The van der Waals surface area contributed by atoms with Crippen LogP contribution in [-0.4, -0.2) is 60.9 Å². The summed E-state index contributed by atoms with van der Waals surface area (Å²) in [7, 11) is 0. The summed E-state index contributed by atoms with van der Waals surface area (Å²) in [5, 5.41) is 0. The van der Waals surface area contributed by atoms with Gasteiger partial charge in [-0.05, 0) is 36.7 Å². The van der Waals surface area contributed by atoms with Crippen LogP contribution in [0.25, 0.3) is 0 Å².